The third-order valence-corrected chi connectivity index (χ3v) is 3.69. The SMILES string of the molecule is COc1cc(Cl)c(C)cc1NC(=O)c1cc(C)sn1. The fourth-order valence-corrected chi connectivity index (χ4v) is 2.29. The van der Waals surface area contributed by atoms with Gasteiger partial charge >= 0.3 is 0 Å². The van der Waals surface area contributed by atoms with Gasteiger partial charge in [-0.2, -0.15) is 4.37 Å². The van der Waals surface area contributed by atoms with E-state index < -0.39 is 0 Å². The summed E-state index contributed by atoms with van der Waals surface area (Å²) in [4.78, 5) is 13.0. The molecule has 6 heteroatoms. The van der Waals surface area contributed by atoms with Crippen molar-refractivity contribution in [3.8, 4) is 5.75 Å². The third kappa shape index (κ3) is 3.05. The first-order valence-electron chi connectivity index (χ1n) is 5.60. The van der Waals surface area contributed by atoms with E-state index in [-0.39, 0.29) is 5.91 Å². The molecular formula is C13H13ClN2O2S. The minimum Gasteiger partial charge on any atom is -0.495 e. The second-order valence-electron chi connectivity index (χ2n) is 4.08. The number of halogens is 1. The lowest BCUT2D eigenvalue weighted by molar-refractivity contribution is 0.102. The van der Waals surface area contributed by atoms with Crippen molar-refractivity contribution >= 4 is 34.7 Å². The quantitative estimate of drug-likeness (QED) is 0.940. The van der Waals surface area contributed by atoms with Crippen molar-refractivity contribution in [3.63, 3.8) is 0 Å². The van der Waals surface area contributed by atoms with Gasteiger partial charge in [-0.05, 0) is 43.1 Å². The van der Waals surface area contributed by atoms with E-state index in [0.29, 0.717) is 22.2 Å². The highest BCUT2D eigenvalue weighted by Crippen LogP contribution is 2.31. The molecule has 2 rings (SSSR count). The van der Waals surface area contributed by atoms with E-state index in [9.17, 15) is 4.79 Å². The van der Waals surface area contributed by atoms with Gasteiger partial charge < -0.3 is 10.1 Å². The molecule has 1 heterocycles. The third-order valence-electron chi connectivity index (χ3n) is 2.59. The van der Waals surface area contributed by atoms with Gasteiger partial charge in [-0.15, -0.1) is 0 Å². The zero-order chi connectivity index (χ0) is 14.0. The molecule has 1 amide bonds. The Bertz CT molecular complexity index is 625. The number of amides is 1. The summed E-state index contributed by atoms with van der Waals surface area (Å²) in [6, 6.07) is 5.20. The minimum absolute atomic E-state index is 0.260. The Morgan fingerprint density at radius 3 is 2.68 bits per heavy atom. The number of hydrogen-bond acceptors (Lipinski definition) is 4. The maximum absolute atomic E-state index is 12.0. The Labute approximate surface area is 120 Å². The zero-order valence-electron chi connectivity index (χ0n) is 10.8. The number of nitrogens with zero attached hydrogens (tertiary/aromatic N) is 1. The van der Waals surface area contributed by atoms with Crippen LogP contribution in [0.25, 0.3) is 0 Å². The van der Waals surface area contributed by atoms with Crippen LogP contribution in [0.2, 0.25) is 5.02 Å². The molecule has 0 bridgehead atoms. The van der Waals surface area contributed by atoms with E-state index in [4.69, 9.17) is 16.3 Å². The lowest BCUT2D eigenvalue weighted by Gasteiger charge is -2.11. The molecule has 19 heavy (non-hydrogen) atoms. The van der Waals surface area contributed by atoms with Crippen molar-refractivity contribution in [1.82, 2.24) is 4.37 Å². The van der Waals surface area contributed by atoms with Crippen LogP contribution in [-0.4, -0.2) is 17.4 Å². The number of ether oxygens (including phenoxy) is 1. The summed E-state index contributed by atoms with van der Waals surface area (Å²) in [7, 11) is 1.53. The number of aromatic nitrogens is 1. The zero-order valence-corrected chi connectivity index (χ0v) is 12.4. The molecular weight excluding hydrogens is 284 g/mol. The lowest BCUT2D eigenvalue weighted by atomic mass is 10.2. The topological polar surface area (TPSA) is 51.2 Å². The summed E-state index contributed by atoms with van der Waals surface area (Å²) < 4.78 is 9.28. The molecule has 1 aromatic carbocycles. The van der Waals surface area contributed by atoms with Gasteiger partial charge in [0, 0.05) is 16.0 Å². The molecule has 0 saturated heterocycles. The van der Waals surface area contributed by atoms with E-state index in [1.807, 2.05) is 13.8 Å². The molecule has 0 spiro atoms. The molecule has 1 aromatic heterocycles. The Balaban J connectivity index is 2.28. The van der Waals surface area contributed by atoms with Crippen molar-refractivity contribution in [3.05, 3.63) is 39.4 Å². The number of hydrogen-bond donors (Lipinski definition) is 1. The maximum Gasteiger partial charge on any atom is 0.275 e. The van der Waals surface area contributed by atoms with E-state index in [2.05, 4.69) is 9.69 Å². The van der Waals surface area contributed by atoms with Gasteiger partial charge in [-0.1, -0.05) is 11.6 Å². The fraction of sp³-hybridized carbons (Fsp3) is 0.231. The first-order chi connectivity index (χ1) is 9.01. The smallest absolute Gasteiger partial charge is 0.275 e. The van der Waals surface area contributed by atoms with Crippen molar-refractivity contribution in [2.45, 2.75) is 13.8 Å². The van der Waals surface area contributed by atoms with Crippen LogP contribution in [0.4, 0.5) is 5.69 Å². The summed E-state index contributed by atoms with van der Waals surface area (Å²) in [6.07, 6.45) is 0. The normalized spacial score (nSPS) is 10.3. The first-order valence-corrected chi connectivity index (χ1v) is 6.75. The molecule has 0 unspecified atom stereocenters. The average Bonchev–Trinajstić information content (AvgIpc) is 2.80. The largest absolute Gasteiger partial charge is 0.495 e. The van der Waals surface area contributed by atoms with Crippen LogP contribution in [0.1, 0.15) is 20.9 Å². The van der Waals surface area contributed by atoms with Gasteiger partial charge in [-0.3, -0.25) is 4.79 Å². The van der Waals surface area contributed by atoms with Crippen LogP contribution in [0.15, 0.2) is 18.2 Å². The number of carbonyl (C=O) groups is 1. The Morgan fingerprint density at radius 1 is 1.37 bits per heavy atom. The van der Waals surface area contributed by atoms with Gasteiger partial charge in [0.25, 0.3) is 5.91 Å². The van der Waals surface area contributed by atoms with Crippen LogP contribution >= 0.6 is 23.1 Å². The monoisotopic (exact) mass is 296 g/mol. The fourth-order valence-electron chi connectivity index (χ4n) is 1.59. The molecule has 0 aliphatic heterocycles. The molecule has 0 aliphatic rings. The van der Waals surface area contributed by atoms with Crippen LogP contribution in [0, 0.1) is 13.8 Å². The Hall–Kier alpha value is -1.59. The Kier molecular flexibility index (Phi) is 4.07. The first kappa shape index (κ1) is 13.8. The molecule has 0 atom stereocenters. The molecule has 0 fully saturated rings. The van der Waals surface area contributed by atoms with Gasteiger partial charge in [0.1, 0.15) is 11.4 Å². The highest BCUT2D eigenvalue weighted by molar-refractivity contribution is 7.05. The second kappa shape index (κ2) is 5.59. The summed E-state index contributed by atoms with van der Waals surface area (Å²) in [5.74, 6) is 0.264. The van der Waals surface area contributed by atoms with Crippen LogP contribution < -0.4 is 10.1 Å². The Morgan fingerprint density at radius 2 is 2.11 bits per heavy atom. The molecule has 0 radical (unpaired) electrons. The molecule has 2 aromatic rings. The van der Waals surface area contributed by atoms with Gasteiger partial charge in [0.05, 0.1) is 12.8 Å². The predicted molar refractivity (Wildman–Crippen MR) is 77.5 cm³/mol. The van der Waals surface area contributed by atoms with Crippen LogP contribution in [0.5, 0.6) is 5.75 Å². The number of benzene rings is 1. The standard InChI is InChI=1S/C13H13ClN2O2S/c1-7-4-10(12(18-3)6-9(7)14)15-13(17)11-5-8(2)19-16-11/h4-6H,1-3H3,(H,15,17). The summed E-state index contributed by atoms with van der Waals surface area (Å²) in [5.41, 5.74) is 1.85. The maximum atomic E-state index is 12.0. The molecule has 0 aliphatic carbocycles. The number of anilines is 1. The average molecular weight is 297 g/mol. The van der Waals surface area contributed by atoms with E-state index in [0.717, 1.165) is 10.4 Å². The van der Waals surface area contributed by atoms with Crippen molar-refractivity contribution in [2.24, 2.45) is 0 Å². The van der Waals surface area contributed by atoms with E-state index in [1.165, 1.54) is 18.6 Å². The highest BCUT2D eigenvalue weighted by Gasteiger charge is 2.13. The van der Waals surface area contributed by atoms with Crippen LogP contribution in [-0.2, 0) is 0 Å². The molecule has 0 saturated carbocycles. The lowest BCUT2D eigenvalue weighted by Crippen LogP contribution is -2.13. The summed E-state index contributed by atoms with van der Waals surface area (Å²) in [6.45, 7) is 3.77. The van der Waals surface area contributed by atoms with Crippen LogP contribution in [0.3, 0.4) is 0 Å². The van der Waals surface area contributed by atoms with E-state index >= 15 is 0 Å². The molecule has 4 nitrogen and oxygen atoms in total. The predicted octanol–water partition coefficient (Wildman–Crippen LogP) is 3.67. The number of methoxy groups -OCH3 is 1. The van der Waals surface area contributed by atoms with Crippen molar-refractivity contribution in [2.75, 3.05) is 12.4 Å². The second-order valence-corrected chi connectivity index (χ2v) is 5.49. The number of carbonyl (C=O) groups excluding carboxylic acids is 1. The number of rotatable bonds is 3. The van der Waals surface area contributed by atoms with E-state index in [1.54, 1.807) is 18.2 Å². The number of nitrogens with one attached hydrogen (secondary N) is 1. The minimum atomic E-state index is -0.260. The van der Waals surface area contributed by atoms with Gasteiger partial charge in [-0.25, -0.2) is 0 Å². The van der Waals surface area contributed by atoms with Crippen molar-refractivity contribution in [1.29, 1.82) is 0 Å². The van der Waals surface area contributed by atoms with Gasteiger partial charge in [0.15, 0.2) is 0 Å². The number of aryl methyl sites for hydroxylation is 2. The summed E-state index contributed by atoms with van der Waals surface area (Å²) in [5, 5.41) is 3.38. The highest BCUT2D eigenvalue weighted by atomic mass is 35.5. The van der Waals surface area contributed by atoms with Crippen molar-refractivity contribution < 1.29 is 9.53 Å². The summed E-state index contributed by atoms with van der Waals surface area (Å²) >= 11 is 7.31. The molecule has 1 N–H and O–H groups in total. The van der Waals surface area contributed by atoms with Gasteiger partial charge in [0.2, 0.25) is 0 Å². The molecule has 100 valence electrons.